The van der Waals surface area contributed by atoms with Gasteiger partial charge in [-0.25, -0.2) is 9.13 Å². The molecule has 0 amide bonds. The van der Waals surface area contributed by atoms with Crippen molar-refractivity contribution in [3.8, 4) is 0 Å². The summed E-state index contributed by atoms with van der Waals surface area (Å²) in [5.41, 5.74) is 0. The minimum absolute atomic E-state index is 0.178. The molecule has 210 valence electrons. The van der Waals surface area contributed by atoms with Crippen LogP contribution in [0.2, 0.25) is 0 Å². The lowest BCUT2D eigenvalue weighted by Gasteiger charge is -2.23. The van der Waals surface area contributed by atoms with E-state index in [-0.39, 0.29) is 19.8 Å². The molecule has 0 aromatic carbocycles. The Kier molecular flexibility index (Phi) is 16.4. The van der Waals surface area contributed by atoms with Gasteiger partial charge in [0.05, 0.1) is 52.4 Å². The average molecular weight is 555 g/mol. The first-order chi connectivity index (χ1) is 16.4. The summed E-state index contributed by atoms with van der Waals surface area (Å²) < 4.78 is 58.3. The molecule has 1 saturated heterocycles. The molecule has 1 aliphatic heterocycles. The summed E-state index contributed by atoms with van der Waals surface area (Å²) in [4.78, 5) is 27.5. The van der Waals surface area contributed by atoms with Gasteiger partial charge < -0.3 is 49.2 Å². The second kappa shape index (κ2) is 17.4. The number of aliphatic hydroxyl groups is 2. The fourth-order valence-corrected chi connectivity index (χ4v) is 4.26. The second-order valence-corrected chi connectivity index (χ2v) is 10.4. The predicted molar refractivity (Wildman–Crippen MR) is 121 cm³/mol. The largest absolute Gasteiger partial charge is 0.472 e. The highest BCUT2D eigenvalue weighted by molar-refractivity contribution is 7.47. The Morgan fingerprint density at radius 3 is 2.20 bits per heavy atom. The third-order valence-corrected chi connectivity index (χ3v) is 6.16. The highest BCUT2D eigenvalue weighted by Gasteiger charge is 2.47. The van der Waals surface area contributed by atoms with Gasteiger partial charge in [-0.15, -0.1) is 0 Å². The van der Waals surface area contributed by atoms with Crippen molar-refractivity contribution in [1.29, 1.82) is 0 Å². The Labute approximate surface area is 204 Å². The first-order valence-corrected chi connectivity index (χ1v) is 14.2. The predicted octanol–water partition coefficient (Wildman–Crippen LogP) is -0.844. The van der Waals surface area contributed by atoms with Crippen molar-refractivity contribution in [3.05, 3.63) is 0 Å². The Hall–Kier alpha value is -0.0600. The van der Waals surface area contributed by atoms with Crippen molar-refractivity contribution in [2.24, 2.45) is 0 Å². The van der Waals surface area contributed by atoms with Gasteiger partial charge in [0.2, 0.25) is 0 Å². The summed E-state index contributed by atoms with van der Waals surface area (Å²) in [6, 6.07) is 0. The van der Waals surface area contributed by atoms with Crippen LogP contribution >= 0.6 is 15.6 Å². The Bertz CT molecular complexity index is 653. The van der Waals surface area contributed by atoms with Crippen LogP contribution in [0.1, 0.15) is 19.8 Å². The maximum absolute atomic E-state index is 12.2. The maximum atomic E-state index is 12.2. The monoisotopic (exact) mass is 555 g/mol. The van der Waals surface area contributed by atoms with Crippen molar-refractivity contribution >= 4 is 15.6 Å². The Morgan fingerprint density at radius 2 is 1.57 bits per heavy atom. The molecule has 0 bridgehead atoms. The molecule has 1 rings (SSSR count). The van der Waals surface area contributed by atoms with Crippen LogP contribution in [-0.2, 0) is 41.6 Å². The third kappa shape index (κ3) is 15.7. The molecule has 1 aliphatic rings. The first kappa shape index (κ1) is 33.0. The highest BCUT2D eigenvalue weighted by atomic mass is 31.2. The zero-order chi connectivity index (χ0) is 26.3. The van der Waals surface area contributed by atoms with Gasteiger partial charge in [-0.3, -0.25) is 13.6 Å². The molecule has 6 atom stereocenters. The molecule has 0 aliphatic carbocycles. The average Bonchev–Trinajstić information content (AvgIpc) is 3.04. The van der Waals surface area contributed by atoms with Gasteiger partial charge in [0.25, 0.3) is 0 Å². The minimum atomic E-state index is -4.83. The van der Waals surface area contributed by atoms with E-state index in [0.717, 1.165) is 19.4 Å². The zero-order valence-corrected chi connectivity index (χ0v) is 21.8. The molecule has 17 heteroatoms. The molecule has 6 unspecified atom stereocenters. The van der Waals surface area contributed by atoms with E-state index in [1.165, 1.54) is 6.92 Å². The van der Waals surface area contributed by atoms with Gasteiger partial charge in [-0.2, -0.15) is 0 Å². The number of aliphatic hydroxyl groups excluding tert-OH is 2. The van der Waals surface area contributed by atoms with Crippen LogP contribution in [0.5, 0.6) is 0 Å². The molecule has 0 aromatic heterocycles. The lowest BCUT2D eigenvalue weighted by Crippen LogP contribution is -2.36. The van der Waals surface area contributed by atoms with Crippen LogP contribution < -0.4 is 5.32 Å². The number of hydrogen-bond donors (Lipinski definition) is 6. The zero-order valence-electron chi connectivity index (χ0n) is 20.0. The van der Waals surface area contributed by atoms with E-state index in [4.69, 9.17) is 37.8 Å². The molecule has 0 aromatic rings. The van der Waals surface area contributed by atoms with E-state index < -0.39 is 59.4 Å². The first-order valence-electron chi connectivity index (χ1n) is 11.2. The summed E-state index contributed by atoms with van der Waals surface area (Å²) in [6.45, 7) is 2.87. The molecule has 0 saturated carbocycles. The quantitative estimate of drug-likeness (QED) is 0.0752. The molecule has 0 spiro atoms. The highest BCUT2D eigenvalue weighted by Crippen LogP contribution is 2.48. The molecule has 0 radical (unpaired) electrons. The van der Waals surface area contributed by atoms with Gasteiger partial charge in [-0.05, 0) is 33.4 Å². The third-order valence-electron chi connectivity index (χ3n) is 4.69. The van der Waals surface area contributed by atoms with E-state index >= 15 is 0 Å². The van der Waals surface area contributed by atoms with Crippen LogP contribution in [0, 0.1) is 0 Å². The second-order valence-electron chi connectivity index (χ2n) is 7.76. The number of unbranched alkanes of at least 4 members (excludes halogenated alkanes) is 1. The normalized spacial score (nSPS) is 25.6. The van der Waals surface area contributed by atoms with Crippen molar-refractivity contribution < 1.29 is 66.5 Å². The lowest BCUT2D eigenvalue weighted by molar-refractivity contribution is -0.0353. The van der Waals surface area contributed by atoms with Crippen LogP contribution in [0.25, 0.3) is 0 Å². The SMILES string of the molecule is CNCCCCOCCOCCOCC(O)COP(=O)(O)OC1C(COP(=O)(O)O)OC(C)C1O. The van der Waals surface area contributed by atoms with Gasteiger partial charge in [0.15, 0.2) is 0 Å². The molecule has 1 heterocycles. The van der Waals surface area contributed by atoms with Gasteiger partial charge in [0, 0.05) is 6.61 Å². The molecule has 15 nitrogen and oxygen atoms in total. The fraction of sp³-hybridized carbons (Fsp3) is 1.00. The number of hydrogen-bond acceptors (Lipinski definition) is 12. The fourth-order valence-electron chi connectivity index (χ4n) is 2.93. The molecule has 35 heavy (non-hydrogen) atoms. The minimum Gasteiger partial charge on any atom is -0.388 e. The van der Waals surface area contributed by atoms with Crippen LogP contribution in [0.3, 0.4) is 0 Å². The van der Waals surface area contributed by atoms with Crippen molar-refractivity contribution in [2.75, 3.05) is 66.4 Å². The molecule has 6 N–H and O–H groups in total. The number of phosphoric ester groups is 2. The van der Waals surface area contributed by atoms with E-state index in [2.05, 4.69) is 9.84 Å². The van der Waals surface area contributed by atoms with Crippen LogP contribution in [0.4, 0.5) is 0 Å². The van der Waals surface area contributed by atoms with E-state index in [0.29, 0.717) is 19.8 Å². The number of phosphoric acid groups is 2. The number of nitrogens with one attached hydrogen (secondary N) is 1. The summed E-state index contributed by atoms with van der Waals surface area (Å²) >= 11 is 0. The van der Waals surface area contributed by atoms with Gasteiger partial charge in [-0.1, -0.05) is 0 Å². The molecular formula is C18H39NO14P2. The number of ether oxygens (including phenoxy) is 4. The standard InChI is InChI=1S/C18H39NO14P2/c1-14-17(21)18(16(32-14)13-30-34(22,23)24)33-35(25,26)31-12-15(20)11-29-10-9-28-8-7-27-6-4-3-5-19-2/h14-21H,3-13H2,1-2H3,(H,25,26)(H2,22,23,24). The summed E-state index contributed by atoms with van der Waals surface area (Å²) in [6.07, 6.45) is -4.19. The van der Waals surface area contributed by atoms with Crippen molar-refractivity contribution in [3.63, 3.8) is 0 Å². The summed E-state index contributed by atoms with van der Waals surface area (Å²) in [7, 11) is -7.71. The van der Waals surface area contributed by atoms with Crippen molar-refractivity contribution in [1.82, 2.24) is 5.32 Å². The van der Waals surface area contributed by atoms with Crippen molar-refractivity contribution in [2.45, 2.75) is 50.3 Å². The molecular weight excluding hydrogens is 516 g/mol. The topological polar surface area (TPSA) is 212 Å². The smallest absolute Gasteiger partial charge is 0.388 e. The maximum Gasteiger partial charge on any atom is 0.472 e. The Morgan fingerprint density at radius 1 is 0.943 bits per heavy atom. The van der Waals surface area contributed by atoms with Gasteiger partial charge in [0.1, 0.15) is 24.4 Å². The lowest BCUT2D eigenvalue weighted by atomic mass is 10.1. The van der Waals surface area contributed by atoms with Gasteiger partial charge >= 0.3 is 15.6 Å². The Balaban J connectivity index is 2.19. The van der Waals surface area contributed by atoms with E-state index in [1.807, 2.05) is 7.05 Å². The van der Waals surface area contributed by atoms with E-state index in [1.54, 1.807) is 0 Å². The molecule has 1 fully saturated rings. The van der Waals surface area contributed by atoms with Crippen LogP contribution in [0.15, 0.2) is 0 Å². The van der Waals surface area contributed by atoms with Crippen LogP contribution in [-0.4, -0.2) is 122 Å². The number of rotatable bonds is 21. The summed E-state index contributed by atoms with van der Waals surface area (Å²) in [5, 5.41) is 23.0. The van der Waals surface area contributed by atoms with E-state index in [9.17, 15) is 24.2 Å². The summed E-state index contributed by atoms with van der Waals surface area (Å²) in [5.74, 6) is 0.